The fourth-order valence-corrected chi connectivity index (χ4v) is 4.05. The Morgan fingerprint density at radius 2 is 1.58 bits per heavy atom. The molecule has 0 saturated heterocycles. The molecule has 33 heavy (non-hydrogen) atoms. The molecule has 0 saturated carbocycles. The summed E-state index contributed by atoms with van der Waals surface area (Å²) in [4.78, 5) is 26.1. The van der Waals surface area contributed by atoms with Crippen molar-refractivity contribution in [1.82, 2.24) is 0 Å². The van der Waals surface area contributed by atoms with Gasteiger partial charge in [0.05, 0.1) is 19.5 Å². The predicted molar refractivity (Wildman–Crippen MR) is 129 cm³/mol. The van der Waals surface area contributed by atoms with Crippen LogP contribution >= 0.6 is 11.8 Å². The van der Waals surface area contributed by atoms with Gasteiger partial charge in [0.15, 0.2) is 0 Å². The van der Waals surface area contributed by atoms with Gasteiger partial charge < -0.3 is 20.1 Å². The number of hydrogen-bond donors (Lipinski definition) is 2. The van der Waals surface area contributed by atoms with Gasteiger partial charge in [0.2, 0.25) is 5.91 Å². The number of benzene rings is 3. The second-order valence-electron chi connectivity index (χ2n) is 7.09. The van der Waals surface area contributed by atoms with Crippen molar-refractivity contribution < 1.29 is 23.5 Å². The number of carbonyl (C=O) groups excluding carboxylic acids is 2. The number of rotatable bonds is 9. The second kappa shape index (κ2) is 11.4. The summed E-state index contributed by atoms with van der Waals surface area (Å²) in [7, 11) is 3.10. The number of ether oxygens (including phenoxy) is 2. The molecule has 0 spiro atoms. The lowest BCUT2D eigenvalue weighted by atomic mass is 10.2. The highest BCUT2D eigenvalue weighted by atomic mass is 32.2. The van der Waals surface area contributed by atoms with Gasteiger partial charge in [-0.05, 0) is 48.9 Å². The molecule has 1 unspecified atom stereocenters. The van der Waals surface area contributed by atoms with E-state index in [1.165, 1.54) is 36.0 Å². The highest BCUT2D eigenvalue weighted by Crippen LogP contribution is 2.30. The van der Waals surface area contributed by atoms with Crippen LogP contribution in [0.25, 0.3) is 0 Å². The van der Waals surface area contributed by atoms with Crippen molar-refractivity contribution in [3.05, 3.63) is 78.1 Å². The Kier molecular flexibility index (Phi) is 8.32. The molecular formula is C25H25FN2O4S. The number of amides is 2. The van der Waals surface area contributed by atoms with Crippen molar-refractivity contribution in [3.63, 3.8) is 0 Å². The predicted octanol–water partition coefficient (Wildman–Crippen LogP) is 5.60. The first-order valence-electron chi connectivity index (χ1n) is 10.3. The van der Waals surface area contributed by atoms with Crippen molar-refractivity contribution >= 4 is 35.0 Å². The monoisotopic (exact) mass is 468 g/mol. The SMILES string of the molecule is CCC(Sc1cccc(NC(=O)c2ccc(F)cc2)c1)C(=O)Nc1cc(OC)cc(OC)c1. The largest absolute Gasteiger partial charge is 0.497 e. The lowest BCUT2D eigenvalue weighted by molar-refractivity contribution is -0.115. The number of nitrogens with one attached hydrogen (secondary N) is 2. The molecule has 172 valence electrons. The lowest BCUT2D eigenvalue weighted by Crippen LogP contribution is -2.24. The summed E-state index contributed by atoms with van der Waals surface area (Å²) in [6, 6.07) is 17.8. The van der Waals surface area contributed by atoms with Crippen LogP contribution in [0.4, 0.5) is 15.8 Å². The molecule has 0 heterocycles. The van der Waals surface area contributed by atoms with Crippen LogP contribution in [0.5, 0.6) is 11.5 Å². The third kappa shape index (κ3) is 6.73. The smallest absolute Gasteiger partial charge is 0.255 e. The lowest BCUT2D eigenvalue weighted by Gasteiger charge is -2.16. The van der Waals surface area contributed by atoms with Crippen molar-refractivity contribution in [3.8, 4) is 11.5 Å². The van der Waals surface area contributed by atoms with Gasteiger partial charge in [0, 0.05) is 40.0 Å². The van der Waals surface area contributed by atoms with Crippen LogP contribution in [-0.4, -0.2) is 31.3 Å². The van der Waals surface area contributed by atoms with Crippen molar-refractivity contribution in [2.45, 2.75) is 23.5 Å². The van der Waals surface area contributed by atoms with Gasteiger partial charge in [-0.2, -0.15) is 0 Å². The van der Waals surface area contributed by atoms with Gasteiger partial charge in [0.1, 0.15) is 17.3 Å². The van der Waals surface area contributed by atoms with Gasteiger partial charge in [0.25, 0.3) is 5.91 Å². The maximum atomic E-state index is 13.1. The Bertz CT molecular complexity index is 1100. The van der Waals surface area contributed by atoms with E-state index >= 15 is 0 Å². The van der Waals surface area contributed by atoms with Gasteiger partial charge >= 0.3 is 0 Å². The fourth-order valence-electron chi connectivity index (χ4n) is 3.04. The molecule has 2 amide bonds. The van der Waals surface area contributed by atoms with Crippen LogP contribution in [0.2, 0.25) is 0 Å². The average molecular weight is 469 g/mol. The molecule has 0 aromatic heterocycles. The normalized spacial score (nSPS) is 11.4. The van der Waals surface area contributed by atoms with E-state index in [1.807, 2.05) is 13.0 Å². The molecule has 3 aromatic rings. The van der Waals surface area contributed by atoms with Gasteiger partial charge in [-0.1, -0.05) is 13.0 Å². The standard InChI is InChI=1S/C25H25FN2O4S/c1-4-23(25(30)28-19-12-20(31-2)15-21(13-19)32-3)33-22-7-5-6-18(14-22)27-24(29)16-8-10-17(26)11-9-16/h5-15,23H,4H2,1-3H3,(H,27,29)(H,28,30). The van der Waals surface area contributed by atoms with Crippen LogP contribution in [0.3, 0.4) is 0 Å². The Balaban J connectivity index is 1.68. The van der Waals surface area contributed by atoms with E-state index in [9.17, 15) is 14.0 Å². The minimum Gasteiger partial charge on any atom is -0.497 e. The highest BCUT2D eigenvalue weighted by molar-refractivity contribution is 8.00. The molecule has 0 aliphatic heterocycles. The number of anilines is 2. The molecule has 0 bridgehead atoms. The van der Waals surface area contributed by atoms with E-state index in [1.54, 1.807) is 50.6 Å². The second-order valence-corrected chi connectivity index (χ2v) is 8.37. The third-order valence-corrected chi connectivity index (χ3v) is 6.12. The summed E-state index contributed by atoms with van der Waals surface area (Å²) in [6.07, 6.45) is 0.601. The van der Waals surface area contributed by atoms with Crippen LogP contribution in [0.1, 0.15) is 23.7 Å². The summed E-state index contributed by atoms with van der Waals surface area (Å²) in [5.74, 6) is 0.263. The number of methoxy groups -OCH3 is 2. The Morgan fingerprint density at radius 3 is 2.18 bits per heavy atom. The summed E-state index contributed by atoms with van der Waals surface area (Å²) in [6.45, 7) is 1.93. The van der Waals surface area contributed by atoms with Crippen LogP contribution < -0.4 is 20.1 Å². The summed E-state index contributed by atoms with van der Waals surface area (Å²) >= 11 is 1.40. The summed E-state index contributed by atoms with van der Waals surface area (Å²) in [5.41, 5.74) is 1.52. The first-order chi connectivity index (χ1) is 15.9. The van der Waals surface area contributed by atoms with Gasteiger partial charge in [-0.15, -0.1) is 11.8 Å². The van der Waals surface area contributed by atoms with E-state index < -0.39 is 5.82 Å². The molecule has 0 aliphatic carbocycles. The van der Waals surface area contributed by atoms with E-state index in [2.05, 4.69) is 10.6 Å². The van der Waals surface area contributed by atoms with E-state index in [-0.39, 0.29) is 17.1 Å². The molecule has 6 nitrogen and oxygen atoms in total. The van der Waals surface area contributed by atoms with Crippen molar-refractivity contribution in [1.29, 1.82) is 0 Å². The zero-order valence-corrected chi connectivity index (χ0v) is 19.4. The van der Waals surface area contributed by atoms with Gasteiger partial charge in [-0.3, -0.25) is 9.59 Å². The minimum absolute atomic E-state index is 0.154. The highest BCUT2D eigenvalue weighted by Gasteiger charge is 2.19. The van der Waals surface area contributed by atoms with Crippen LogP contribution in [0, 0.1) is 5.82 Å². The Hall–Kier alpha value is -3.52. The van der Waals surface area contributed by atoms with E-state index in [0.717, 1.165) is 4.90 Å². The third-order valence-electron chi connectivity index (χ3n) is 4.76. The Labute approximate surface area is 196 Å². The van der Waals surface area contributed by atoms with Crippen LogP contribution in [0.15, 0.2) is 71.6 Å². The number of halogens is 1. The zero-order valence-electron chi connectivity index (χ0n) is 18.6. The van der Waals surface area contributed by atoms with Crippen molar-refractivity contribution in [2.24, 2.45) is 0 Å². The number of thioether (sulfide) groups is 1. The summed E-state index contributed by atoms with van der Waals surface area (Å²) in [5, 5.41) is 5.36. The van der Waals surface area contributed by atoms with Gasteiger partial charge in [-0.25, -0.2) is 4.39 Å². The van der Waals surface area contributed by atoms with E-state index in [0.29, 0.717) is 34.9 Å². The minimum atomic E-state index is -0.402. The summed E-state index contributed by atoms with van der Waals surface area (Å²) < 4.78 is 23.6. The molecular weight excluding hydrogens is 443 g/mol. The number of hydrogen-bond acceptors (Lipinski definition) is 5. The van der Waals surface area contributed by atoms with Crippen molar-refractivity contribution in [2.75, 3.05) is 24.9 Å². The maximum Gasteiger partial charge on any atom is 0.255 e. The molecule has 8 heteroatoms. The van der Waals surface area contributed by atoms with Crippen LogP contribution in [-0.2, 0) is 4.79 Å². The average Bonchev–Trinajstić information content (AvgIpc) is 2.82. The molecule has 0 radical (unpaired) electrons. The maximum absolute atomic E-state index is 13.1. The Morgan fingerprint density at radius 1 is 0.909 bits per heavy atom. The molecule has 0 aliphatic rings. The molecule has 3 rings (SSSR count). The first kappa shape index (κ1) is 24.1. The molecule has 3 aromatic carbocycles. The number of carbonyl (C=O) groups is 2. The molecule has 1 atom stereocenters. The quantitative estimate of drug-likeness (QED) is 0.400. The van der Waals surface area contributed by atoms with E-state index in [4.69, 9.17) is 9.47 Å². The fraction of sp³-hybridized carbons (Fsp3) is 0.200. The zero-order chi connectivity index (χ0) is 23.8. The first-order valence-corrected chi connectivity index (χ1v) is 11.2. The molecule has 0 fully saturated rings. The topological polar surface area (TPSA) is 76.7 Å². The molecule has 2 N–H and O–H groups in total.